The summed E-state index contributed by atoms with van der Waals surface area (Å²) >= 11 is 7.76. The number of carbonyl (C=O) groups excluding carboxylic acids is 1. The molecule has 0 spiro atoms. The molecule has 0 saturated heterocycles. The van der Waals surface area contributed by atoms with Gasteiger partial charge in [-0.1, -0.05) is 41.9 Å². The highest BCUT2D eigenvalue weighted by Crippen LogP contribution is 2.35. The number of amides is 1. The topological polar surface area (TPSA) is 40.5 Å². The molecule has 2 aromatic carbocycles. The Bertz CT molecular complexity index is 826. The molecule has 0 bridgehead atoms. The number of carbonyl (C=O) groups is 1. The fourth-order valence-electron chi connectivity index (χ4n) is 2.27. The number of halogens is 1. The zero-order valence-corrected chi connectivity index (χ0v) is 13.5. The van der Waals surface area contributed by atoms with E-state index in [2.05, 4.69) is 0 Å². The van der Waals surface area contributed by atoms with E-state index in [0.29, 0.717) is 16.4 Å². The van der Waals surface area contributed by atoms with Crippen molar-refractivity contribution in [3.63, 3.8) is 0 Å². The van der Waals surface area contributed by atoms with E-state index in [1.54, 1.807) is 36.2 Å². The number of thiophene rings is 1. The lowest BCUT2D eigenvalue weighted by molar-refractivity contribution is 0.0790. The van der Waals surface area contributed by atoms with Crippen LogP contribution in [-0.2, 0) is 6.54 Å². The Morgan fingerprint density at radius 3 is 2.55 bits per heavy atom. The number of fused-ring (bicyclic) bond motifs is 1. The number of hydrogen-bond acceptors (Lipinski definition) is 3. The summed E-state index contributed by atoms with van der Waals surface area (Å²) in [4.78, 5) is 14.8. The maximum atomic E-state index is 12.6. The second kappa shape index (κ2) is 5.99. The van der Waals surface area contributed by atoms with E-state index in [4.69, 9.17) is 11.6 Å². The average Bonchev–Trinajstić information content (AvgIpc) is 2.86. The number of phenols is 1. The molecule has 1 heterocycles. The molecule has 3 aromatic rings. The summed E-state index contributed by atoms with van der Waals surface area (Å²) in [6.45, 7) is 0.462. The molecule has 3 nitrogen and oxygen atoms in total. The van der Waals surface area contributed by atoms with Crippen molar-refractivity contribution >= 4 is 38.9 Å². The second-order valence-electron chi connectivity index (χ2n) is 5.07. The van der Waals surface area contributed by atoms with Gasteiger partial charge in [-0.25, -0.2) is 0 Å². The first-order valence-electron chi connectivity index (χ1n) is 6.76. The Labute approximate surface area is 137 Å². The third-order valence-corrected chi connectivity index (χ3v) is 5.10. The molecule has 0 unspecified atom stereocenters. The Hall–Kier alpha value is -2.04. The Morgan fingerprint density at radius 1 is 1.18 bits per heavy atom. The minimum absolute atomic E-state index is 0.0979. The van der Waals surface area contributed by atoms with Crippen LogP contribution >= 0.6 is 22.9 Å². The lowest BCUT2D eigenvalue weighted by Gasteiger charge is -2.16. The van der Waals surface area contributed by atoms with Crippen LogP contribution in [0.3, 0.4) is 0 Å². The highest BCUT2D eigenvalue weighted by molar-refractivity contribution is 7.21. The summed E-state index contributed by atoms with van der Waals surface area (Å²) in [6, 6.07) is 14.5. The van der Waals surface area contributed by atoms with Gasteiger partial charge >= 0.3 is 0 Å². The molecule has 0 radical (unpaired) electrons. The minimum atomic E-state index is -0.0979. The molecule has 0 atom stereocenters. The standard InChI is InChI=1S/C17H14ClNO2S/c1-19(10-11-6-8-12(20)9-7-11)17(21)16-15(18)13-4-2-3-5-14(13)22-16/h2-9,20H,10H2,1H3. The molecule has 0 aliphatic rings. The molecule has 22 heavy (non-hydrogen) atoms. The minimum Gasteiger partial charge on any atom is -0.508 e. The van der Waals surface area contributed by atoms with Crippen LogP contribution in [0.2, 0.25) is 5.02 Å². The van der Waals surface area contributed by atoms with Gasteiger partial charge in [0.25, 0.3) is 5.91 Å². The summed E-state index contributed by atoms with van der Waals surface area (Å²) in [5.74, 6) is 0.115. The third kappa shape index (κ3) is 2.80. The Kier molecular flexibility index (Phi) is 4.05. The van der Waals surface area contributed by atoms with Crippen molar-refractivity contribution in [3.05, 3.63) is 64.0 Å². The van der Waals surface area contributed by atoms with Crippen LogP contribution in [0.1, 0.15) is 15.2 Å². The quantitative estimate of drug-likeness (QED) is 0.765. The first kappa shape index (κ1) is 14.9. The molecule has 0 aliphatic heterocycles. The SMILES string of the molecule is CN(Cc1ccc(O)cc1)C(=O)c1sc2ccccc2c1Cl. The summed E-state index contributed by atoms with van der Waals surface area (Å²) in [6.07, 6.45) is 0. The van der Waals surface area contributed by atoms with Gasteiger partial charge in [0.15, 0.2) is 0 Å². The molecular weight excluding hydrogens is 318 g/mol. The van der Waals surface area contributed by atoms with Crippen molar-refractivity contribution < 1.29 is 9.90 Å². The molecule has 3 rings (SSSR count). The fraction of sp³-hybridized carbons (Fsp3) is 0.118. The van der Waals surface area contributed by atoms with Crippen LogP contribution < -0.4 is 0 Å². The van der Waals surface area contributed by atoms with E-state index >= 15 is 0 Å². The first-order chi connectivity index (χ1) is 10.6. The normalized spacial score (nSPS) is 10.8. The average molecular weight is 332 g/mol. The van der Waals surface area contributed by atoms with Gasteiger partial charge in [-0.3, -0.25) is 4.79 Å². The fourth-order valence-corrected chi connectivity index (χ4v) is 3.78. The molecule has 1 aromatic heterocycles. The van der Waals surface area contributed by atoms with Crippen LogP contribution in [0.4, 0.5) is 0 Å². The van der Waals surface area contributed by atoms with E-state index in [1.807, 2.05) is 24.3 Å². The highest BCUT2D eigenvalue weighted by Gasteiger charge is 2.20. The van der Waals surface area contributed by atoms with E-state index in [0.717, 1.165) is 15.6 Å². The molecule has 0 aliphatic carbocycles. The van der Waals surface area contributed by atoms with Crippen LogP contribution in [0, 0.1) is 0 Å². The zero-order valence-electron chi connectivity index (χ0n) is 11.9. The smallest absolute Gasteiger partial charge is 0.265 e. The lowest BCUT2D eigenvalue weighted by atomic mass is 10.2. The summed E-state index contributed by atoms with van der Waals surface area (Å²) in [7, 11) is 1.75. The van der Waals surface area contributed by atoms with Crippen molar-refractivity contribution in [2.45, 2.75) is 6.54 Å². The van der Waals surface area contributed by atoms with Crippen molar-refractivity contribution in [1.29, 1.82) is 0 Å². The number of phenolic OH excluding ortho intramolecular Hbond substituents is 1. The number of hydrogen-bond donors (Lipinski definition) is 1. The molecule has 0 saturated carbocycles. The summed E-state index contributed by atoms with van der Waals surface area (Å²) < 4.78 is 1.01. The van der Waals surface area contributed by atoms with Gasteiger partial charge in [-0.2, -0.15) is 0 Å². The Morgan fingerprint density at radius 2 is 1.86 bits per heavy atom. The third-order valence-electron chi connectivity index (χ3n) is 3.43. The molecular formula is C17H14ClNO2S. The van der Waals surface area contributed by atoms with Gasteiger partial charge in [0, 0.05) is 23.7 Å². The van der Waals surface area contributed by atoms with Gasteiger partial charge in [-0.05, 0) is 23.8 Å². The van der Waals surface area contributed by atoms with Crippen molar-refractivity contribution in [1.82, 2.24) is 4.90 Å². The highest BCUT2D eigenvalue weighted by atomic mass is 35.5. The van der Waals surface area contributed by atoms with Gasteiger partial charge in [0.1, 0.15) is 10.6 Å². The largest absolute Gasteiger partial charge is 0.508 e. The predicted molar refractivity (Wildman–Crippen MR) is 90.7 cm³/mol. The monoisotopic (exact) mass is 331 g/mol. The van der Waals surface area contributed by atoms with Crippen LogP contribution in [0.25, 0.3) is 10.1 Å². The number of rotatable bonds is 3. The zero-order chi connectivity index (χ0) is 15.7. The number of benzene rings is 2. The summed E-state index contributed by atoms with van der Waals surface area (Å²) in [5, 5.41) is 10.7. The van der Waals surface area contributed by atoms with Crippen LogP contribution in [0.5, 0.6) is 5.75 Å². The van der Waals surface area contributed by atoms with Crippen LogP contribution in [0.15, 0.2) is 48.5 Å². The number of aromatic hydroxyl groups is 1. The second-order valence-corrected chi connectivity index (χ2v) is 6.50. The molecule has 112 valence electrons. The maximum absolute atomic E-state index is 12.6. The lowest BCUT2D eigenvalue weighted by Crippen LogP contribution is -2.25. The molecule has 1 N–H and O–H groups in total. The molecule has 1 amide bonds. The van der Waals surface area contributed by atoms with Gasteiger partial charge < -0.3 is 10.0 Å². The van der Waals surface area contributed by atoms with Gasteiger partial charge in [0.2, 0.25) is 0 Å². The predicted octanol–water partition coefficient (Wildman–Crippen LogP) is 4.53. The van der Waals surface area contributed by atoms with Gasteiger partial charge in [0.05, 0.1) is 5.02 Å². The molecule has 0 fully saturated rings. The maximum Gasteiger partial charge on any atom is 0.265 e. The van der Waals surface area contributed by atoms with Crippen molar-refractivity contribution in [2.75, 3.05) is 7.05 Å². The van der Waals surface area contributed by atoms with E-state index in [9.17, 15) is 9.90 Å². The first-order valence-corrected chi connectivity index (χ1v) is 7.96. The van der Waals surface area contributed by atoms with Crippen LogP contribution in [-0.4, -0.2) is 23.0 Å². The molecule has 5 heteroatoms. The summed E-state index contributed by atoms with van der Waals surface area (Å²) in [5.41, 5.74) is 0.950. The van der Waals surface area contributed by atoms with E-state index < -0.39 is 0 Å². The van der Waals surface area contributed by atoms with Crippen molar-refractivity contribution in [3.8, 4) is 5.75 Å². The van der Waals surface area contributed by atoms with E-state index in [1.165, 1.54) is 11.3 Å². The number of nitrogens with zero attached hydrogens (tertiary/aromatic N) is 1. The van der Waals surface area contributed by atoms with Crippen molar-refractivity contribution in [2.24, 2.45) is 0 Å². The van der Waals surface area contributed by atoms with E-state index in [-0.39, 0.29) is 11.7 Å². The van der Waals surface area contributed by atoms with Gasteiger partial charge in [-0.15, -0.1) is 11.3 Å². The Balaban J connectivity index is 1.85.